The molecule has 1 aromatic heterocycles. The number of aromatic nitrogens is 1. The number of nitrogens with one attached hydrogen (secondary N) is 2. The summed E-state index contributed by atoms with van der Waals surface area (Å²) >= 11 is 11.7. The molecule has 0 aliphatic heterocycles. The van der Waals surface area contributed by atoms with E-state index in [1.54, 1.807) is 18.2 Å². The number of amides is 1. The summed E-state index contributed by atoms with van der Waals surface area (Å²) < 4.78 is 0. The van der Waals surface area contributed by atoms with E-state index < -0.39 is 0 Å². The summed E-state index contributed by atoms with van der Waals surface area (Å²) in [7, 11) is 0. The van der Waals surface area contributed by atoms with Gasteiger partial charge in [-0.25, -0.2) is 4.98 Å². The third-order valence-corrected chi connectivity index (χ3v) is 3.25. The lowest BCUT2D eigenvalue weighted by Gasteiger charge is -2.08. The lowest BCUT2D eigenvalue weighted by Crippen LogP contribution is -2.22. The molecule has 2 aromatic rings. The molecule has 0 radical (unpaired) electrons. The summed E-state index contributed by atoms with van der Waals surface area (Å²) in [5, 5.41) is 6.84. The van der Waals surface area contributed by atoms with E-state index in [9.17, 15) is 4.79 Å². The standard InChI is InChI=1S/C14H13Cl2N3O/c1-9-2-4-11(6-12(9)16)17-8-14(20)19-13-5-3-10(15)7-18-13/h2-7,17H,8H2,1H3,(H,18,19,20). The van der Waals surface area contributed by atoms with Gasteiger partial charge < -0.3 is 10.6 Å². The molecule has 0 unspecified atom stereocenters. The highest BCUT2D eigenvalue weighted by Gasteiger charge is 2.04. The lowest BCUT2D eigenvalue weighted by atomic mass is 10.2. The van der Waals surface area contributed by atoms with Gasteiger partial charge in [-0.05, 0) is 36.8 Å². The largest absolute Gasteiger partial charge is 0.376 e. The number of carbonyl (C=O) groups excluding carboxylic acids is 1. The number of carbonyl (C=O) groups is 1. The maximum absolute atomic E-state index is 11.7. The molecular formula is C14H13Cl2N3O. The number of pyridine rings is 1. The van der Waals surface area contributed by atoms with Crippen molar-refractivity contribution in [3.05, 3.63) is 52.1 Å². The van der Waals surface area contributed by atoms with Crippen molar-refractivity contribution in [3.63, 3.8) is 0 Å². The molecule has 0 atom stereocenters. The van der Waals surface area contributed by atoms with Crippen molar-refractivity contribution in [2.75, 3.05) is 17.2 Å². The molecule has 0 spiro atoms. The fourth-order valence-corrected chi connectivity index (χ4v) is 1.81. The van der Waals surface area contributed by atoms with Crippen LogP contribution >= 0.6 is 23.2 Å². The number of aryl methyl sites for hydroxylation is 1. The minimum atomic E-state index is -0.198. The molecule has 2 N–H and O–H groups in total. The van der Waals surface area contributed by atoms with Crippen LogP contribution in [0.3, 0.4) is 0 Å². The fourth-order valence-electron chi connectivity index (χ4n) is 1.52. The number of anilines is 2. The maximum atomic E-state index is 11.7. The predicted molar refractivity (Wildman–Crippen MR) is 82.6 cm³/mol. The summed E-state index contributed by atoms with van der Waals surface area (Å²) in [5.74, 6) is 0.264. The molecule has 6 heteroatoms. The van der Waals surface area contributed by atoms with Gasteiger partial charge in [-0.15, -0.1) is 0 Å². The van der Waals surface area contributed by atoms with Crippen molar-refractivity contribution in [3.8, 4) is 0 Å². The SMILES string of the molecule is Cc1ccc(NCC(=O)Nc2ccc(Cl)cn2)cc1Cl. The average molecular weight is 310 g/mol. The lowest BCUT2D eigenvalue weighted by molar-refractivity contribution is -0.114. The highest BCUT2D eigenvalue weighted by Crippen LogP contribution is 2.19. The molecule has 1 amide bonds. The van der Waals surface area contributed by atoms with Gasteiger partial charge in [0.15, 0.2) is 0 Å². The predicted octanol–water partition coefficient (Wildman–Crippen LogP) is 3.75. The molecule has 1 heterocycles. The normalized spacial score (nSPS) is 10.2. The first-order valence-corrected chi connectivity index (χ1v) is 6.71. The number of benzene rings is 1. The van der Waals surface area contributed by atoms with Crippen molar-refractivity contribution < 1.29 is 4.79 Å². The number of halogens is 2. The first-order chi connectivity index (χ1) is 9.54. The Morgan fingerprint density at radius 3 is 2.70 bits per heavy atom. The molecule has 1 aromatic carbocycles. The Morgan fingerprint density at radius 1 is 1.25 bits per heavy atom. The minimum absolute atomic E-state index is 0.129. The molecule has 0 fully saturated rings. The van der Waals surface area contributed by atoms with Gasteiger partial charge in [0.05, 0.1) is 11.6 Å². The van der Waals surface area contributed by atoms with Crippen molar-refractivity contribution in [2.24, 2.45) is 0 Å². The number of hydrogen-bond donors (Lipinski definition) is 2. The Labute approximate surface area is 127 Å². The second-order valence-electron chi connectivity index (χ2n) is 4.23. The van der Waals surface area contributed by atoms with E-state index in [0.29, 0.717) is 15.9 Å². The second-order valence-corrected chi connectivity index (χ2v) is 5.07. The Morgan fingerprint density at radius 2 is 2.05 bits per heavy atom. The molecule has 0 aliphatic rings. The van der Waals surface area contributed by atoms with E-state index in [4.69, 9.17) is 23.2 Å². The van der Waals surface area contributed by atoms with Crippen LogP contribution in [0, 0.1) is 6.92 Å². The third kappa shape index (κ3) is 4.11. The van der Waals surface area contributed by atoms with Crippen LogP contribution in [0.5, 0.6) is 0 Å². The zero-order valence-corrected chi connectivity index (χ0v) is 12.3. The molecule has 0 bridgehead atoms. The highest BCUT2D eigenvalue weighted by molar-refractivity contribution is 6.31. The Hall–Kier alpha value is -1.78. The van der Waals surface area contributed by atoms with Gasteiger partial charge in [0.25, 0.3) is 0 Å². The van der Waals surface area contributed by atoms with Crippen LogP contribution in [0.15, 0.2) is 36.5 Å². The van der Waals surface area contributed by atoms with E-state index in [1.165, 1.54) is 6.20 Å². The van der Waals surface area contributed by atoms with Crippen LogP contribution in [0.4, 0.5) is 11.5 Å². The quantitative estimate of drug-likeness (QED) is 0.904. The van der Waals surface area contributed by atoms with Crippen molar-refractivity contribution in [1.29, 1.82) is 0 Å². The first-order valence-electron chi connectivity index (χ1n) is 5.96. The van der Waals surface area contributed by atoms with Crippen LogP contribution in [0.25, 0.3) is 0 Å². The Bertz CT molecular complexity index is 614. The second kappa shape index (κ2) is 6.59. The summed E-state index contributed by atoms with van der Waals surface area (Å²) in [5.41, 5.74) is 1.78. The summed E-state index contributed by atoms with van der Waals surface area (Å²) in [6, 6.07) is 8.85. The third-order valence-electron chi connectivity index (χ3n) is 2.62. The van der Waals surface area contributed by atoms with E-state index in [2.05, 4.69) is 15.6 Å². The van der Waals surface area contributed by atoms with E-state index in [0.717, 1.165) is 11.3 Å². The van der Waals surface area contributed by atoms with E-state index in [1.807, 2.05) is 19.1 Å². The van der Waals surface area contributed by atoms with Gasteiger partial charge in [0, 0.05) is 16.9 Å². The van der Waals surface area contributed by atoms with Gasteiger partial charge in [0.1, 0.15) is 5.82 Å². The van der Waals surface area contributed by atoms with Crippen LogP contribution in [0.2, 0.25) is 10.0 Å². The monoisotopic (exact) mass is 309 g/mol. The van der Waals surface area contributed by atoms with Gasteiger partial charge in [-0.3, -0.25) is 4.79 Å². The Kier molecular flexibility index (Phi) is 4.82. The van der Waals surface area contributed by atoms with Gasteiger partial charge in [-0.1, -0.05) is 29.3 Å². The molecular weight excluding hydrogens is 297 g/mol. The number of hydrogen-bond acceptors (Lipinski definition) is 3. The summed E-state index contributed by atoms with van der Waals surface area (Å²) in [6.45, 7) is 2.05. The minimum Gasteiger partial charge on any atom is -0.376 e. The molecule has 0 saturated heterocycles. The van der Waals surface area contributed by atoms with Crippen molar-refractivity contribution >= 4 is 40.6 Å². The molecule has 104 valence electrons. The zero-order valence-electron chi connectivity index (χ0n) is 10.8. The van der Waals surface area contributed by atoms with E-state index in [-0.39, 0.29) is 12.5 Å². The van der Waals surface area contributed by atoms with Gasteiger partial charge in [0.2, 0.25) is 5.91 Å². The maximum Gasteiger partial charge on any atom is 0.244 e. The van der Waals surface area contributed by atoms with Crippen molar-refractivity contribution in [2.45, 2.75) is 6.92 Å². The molecule has 0 aliphatic carbocycles. The van der Waals surface area contributed by atoms with E-state index >= 15 is 0 Å². The van der Waals surface area contributed by atoms with Crippen LogP contribution < -0.4 is 10.6 Å². The molecule has 2 rings (SSSR count). The van der Waals surface area contributed by atoms with Crippen LogP contribution in [-0.4, -0.2) is 17.4 Å². The van der Waals surface area contributed by atoms with Crippen LogP contribution in [0.1, 0.15) is 5.56 Å². The fraction of sp³-hybridized carbons (Fsp3) is 0.143. The average Bonchev–Trinajstić information content (AvgIpc) is 2.43. The first kappa shape index (κ1) is 14.6. The smallest absolute Gasteiger partial charge is 0.244 e. The highest BCUT2D eigenvalue weighted by atomic mass is 35.5. The zero-order chi connectivity index (χ0) is 14.5. The topological polar surface area (TPSA) is 54.0 Å². The number of rotatable bonds is 4. The summed E-state index contributed by atoms with van der Waals surface area (Å²) in [4.78, 5) is 15.7. The van der Waals surface area contributed by atoms with Crippen molar-refractivity contribution in [1.82, 2.24) is 4.98 Å². The van der Waals surface area contributed by atoms with Gasteiger partial charge in [-0.2, -0.15) is 0 Å². The summed E-state index contributed by atoms with van der Waals surface area (Å²) in [6.07, 6.45) is 1.48. The number of nitrogens with zero attached hydrogens (tertiary/aromatic N) is 1. The Balaban J connectivity index is 1.88. The van der Waals surface area contributed by atoms with Crippen LogP contribution in [-0.2, 0) is 4.79 Å². The van der Waals surface area contributed by atoms with Gasteiger partial charge >= 0.3 is 0 Å². The molecule has 4 nitrogen and oxygen atoms in total. The molecule has 20 heavy (non-hydrogen) atoms. The molecule has 0 saturated carbocycles.